The molecular weight excluding hydrogens is 495 g/mol. The molecule has 2 amide bonds. The van der Waals surface area contributed by atoms with Crippen LogP contribution in [0.4, 0.5) is 0 Å². The van der Waals surface area contributed by atoms with Crippen molar-refractivity contribution in [2.24, 2.45) is 5.92 Å². The summed E-state index contributed by atoms with van der Waals surface area (Å²) in [6.07, 6.45) is 0.379. The van der Waals surface area contributed by atoms with Gasteiger partial charge in [-0.2, -0.15) is 0 Å². The van der Waals surface area contributed by atoms with Gasteiger partial charge in [-0.3, -0.25) is 9.59 Å². The highest BCUT2D eigenvalue weighted by atomic mass is 35.5. The summed E-state index contributed by atoms with van der Waals surface area (Å²) in [6, 6.07) is 21.7. The van der Waals surface area contributed by atoms with E-state index in [2.05, 4.69) is 5.32 Å². The summed E-state index contributed by atoms with van der Waals surface area (Å²) in [5.41, 5.74) is 2.97. The Bertz CT molecular complexity index is 1170. The lowest BCUT2D eigenvalue weighted by atomic mass is 10.0. The highest BCUT2D eigenvalue weighted by Crippen LogP contribution is 2.27. The van der Waals surface area contributed by atoms with Crippen LogP contribution in [0.3, 0.4) is 0 Å². The molecule has 0 aliphatic rings. The van der Waals surface area contributed by atoms with Crippen LogP contribution in [-0.4, -0.2) is 35.9 Å². The maximum Gasteiger partial charge on any atom is 0.261 e. The average molecular weight is 527 g/mol. The number of carbonyl (C=O) groups is 2. The summed E-state index contributed by atoms with van der Waals surface area (Å²) in [4.78, 5) is 28.6. The molecule has 0 aliphatic carbocycles. The fraction of sp³-hybridized carbons (Fsp3) is 0.310. The smallest absolute Gasteiger partial charge is 0.261 e. The van der Waals surface area contributed by atoms with Gasteiger partial charge >= 0.3 is 0 Å². The Labute approximate surface area is 223 Å². The molecule has 0 unspecified atom stereocenters. The zero-order chi connectivity index (χ0) is 26.1. The first-order valence-corrected chi connectivity index (χ1v) is 12.7. The third kappa shape index (κ3) is 8.28. The zero-order valence-electron chi connectivity index (χ0n) is 20.8. The minimum Gasteiger partial charge on any atom is -0.482 e. The molecule has 0 spiro atoms. The summed E-state index contributed by atoms with van der Waals surface area (Å²) < 4.78 is 5.76. The van der Waals surface area contributed by atoms with E-state index < -0.39 is 6.04 Å². The molecule has 5 nitrogen and oxygen atoms in total. The Morgan fingerprint density at radius 3 is 2.33 bits per heavy atom. The summed E-state index contributed by atoms with van der Waals surface area (Å²) in [6.45, 7) is 6.59. The number of benzene rings is 3. The second-order valence-electron chi connectivity index (χ2n) is 9.22. The van der Waals surface area contributed by atoms with Gasteiger partial charge < -0.3 is 15.0 Å². The van der Waals surface area contributed by atoms with E-state index in [1.165, 1.54) is 0 Å². The number of halogens is 2. The van der Waals surface area contributed by atoms with Gasteiger partial charge in [-0.15, -0.1) is 0 Å². The molecule has 1 atom stereocenters. The molecule has 0 saturated carbocycles. The maximum absolute atomic E-state index is 13.6. The van der Waals surface area contributed by atoms with Crippen LogP contribution < -0.4 is 10.1 Å². The first kappa shape index (κ1) is 27.6. The molecule has 3 aromatic carbocycles. The Morgan fingerprint density at radius 1 is 0.944 bits per heavy atom. The van der Waals surface area contributed by atoms with Gasteiger partial charge in [0.25, 0.3) is 5.91 Å². The van der Waals surface area contributed by atoms with Gasteiger partial charge in [-0.05, 0) is 42.2 Å². The molecule has 0 bridgehead atoms. The molecule has 0 heterocycles. The first-order chi connectivity index (χ1) is 17.2. The Balaban J connectivity index is 1.91. The zero-order valence-corrected chi connectivity index (χ0v) is 22.4. The van der Waals surface area contributed by atoms with E-state index in [0.29, 0.717) is 28.8 Å². The van der Waals surface area contributed by atoms with Gasteiger partial charge in [-0.25, -0.2) is 0 Å². The highest BCUT2D eigenvalue weighted by Gasteiger charge is 2.31. The molecule has 0 radical (unpaired) electrons. The molecule has 0 saturated heterocycles. The second-order valence-corrected chi connectivity index (χ2v) is 10.1. The number of hydrogen-bond donors (Lipinski definition) is 1. The van der Waals surface area contributed by atoms with E-state index in [0.717, 1.165) is 16.7 Å². The van der Waals surface area contributed by atoms with Crippen LogP contribution in [0, 0.1) is 12.8 Å². The number of hydrogen-bond acceptors (Lipinski definition) is 3. The van der Waals surface area contributed by atoms with Crippen molar-refractivity contribution in [2.45, 2.75) is 39.8 Å². The molecule has 7 heteroatoms. The number of rotatable bonds is 11. The van der Waals surface area contributed by atoms with Crippen LogP contribution >= 0.6 is 23.2 Å². The van der Waals surface area contributed by atoms with E-state index in [9.17, 15) is 9.59 Å². The van der Waals surface area contributed by atoms with Gasteiger partial charge in [0.15, 0.2) is 6.61 Å². The lowest BCUT2D eigenvalue weighted by molar-refractivity contribution is -0.142. The fourth-order valence-corrected chi connectivity index (χ4v) is 4.26. The molecule has 0 aromatic heterocycles. The molecule has 1 N–H and O–H groups in total. The first-order valence-electron chi connectivity index (χ1n) is 12.0. The van der Waals surface area contributed by atoms with E-state index in [-0.39, 0.29) is 30.9 Å². The minimum absolute atomic E-state index is 0.196. The van der Waals surface area contributed by atoms with Crippen molar-refractivity contribution >= 4 is 35.0 Å². The number of carbonyl (C=O) groups excluding carboxylic acids is 2. The van der Waals surface area contributed by atoms with E-state index >= 15 is 0 Å². The normalized spacial score (nSPS) is 11.7. The molecule has 0 fully saturated rings. The summed E-state index contributed by atoms with van der Waals surface area (Å²) in [5.74, 6) is 0.123. The van der Waals surface area contributed by atoms with Crippen LogP contribution in [0.15, 0.2) is 72.8 Å². The molecule has 3 rings (SSSR count). The third-order valence-corrected chi connectivity index (χ3v) is 6.17. The average Bonchev–Trinajstić information content (AvgIpc) is 2.84. The van der Waals surface area contributed by atoms with Crippen molar-refractivity contribution in [3.8, 4) is 5.75 Å². The third-order valence-electron chi connectivity index (χ3n) is 5.64. The molecule has 0 aliphatic heterocycles. The van der Waals surface area contributed by atoms with Gasteiger partial charge in [0.1, 0.15) is 11.8 Å². The quantitative estimate of drug-likeness (QED) is 0.328. The SMILES string of the molecule is Cc1cccc(CN(C(=O)COc2ccc(Cl)cc2Cl)[C@H](Cc2ccccc2)C(=O)NCC(C)C)c1. The van der Waals surface area contributed by atoms with Crippen LogP contribution in [-0.2, 0) is 22.6 Å². The number of amides is 2. The molecule has 190 valence electrons. The number of nitrogens with one attached hydrogen (secondary N) is 1. The van der Waals surface area contributed by atoms with Gasteiger partial charge in [0.05, 0.1) is 5.02 Å². The van der Waals surface area contributed by atoms with Crippen LogP contribution in [0.25, 0.3) is 0 Å². The van der Waals surface area contributed by atoms with E-state index in [4.69, 9.17) is 27.9 Å². The second kappa shape index (κ2) is 13.3. The highest BCUT2D eigenvalue weighted by molar-refractivity contribution is 6.35. The van der Waals surface area contributed by atoms with Crippen molar-refractivity contribution in [2.75, 3.05) is 13.2 Å². The largest absolute Gasteiger partial charge is 0.482 e. The lowest BCUT2D eigenvalue weighted by Gasteiger charge is -2.32. The topological polar surface area (TPSA) is 58.6 Å². The minimum atomic E-state index is -0.719. The molecule has 36 heavy (non-hydrogen) atoms. The van der Waals surface area contributed by atoms with Gasteiger partial charge in [0, 0.05) is 24.5 Å². The molecular formula is C29H32Cl2N2O3. The van der Waals surface area contributed by atoms with Gasteiger partial charge in [0.2, 0.25) is 5.91 Å². The number of nitrogens with zero attached hydrogens (tertiary/aromatic N) is 1. The van der Waals surface area contributed by atoms with Crippen molar-refractivity contribution < 1.29 is 14.3 Å². The predicted molar refractivity (Wildman–Crippen MR) is 145 cm³/mol. The predicted octanol–water partition coefficient (Wildman–Crippen LogP) is 6.09. The van der Waals surface area contributed by atoms with Gasteiger partial charge in [-0.1, -0.05) is 97.2 Å². The van der Waals surface area contributed by atoms with Crippen molar-refractivity contribution in [3.05, 3.63) is 99.5 Å². The lowest BCUT2D eigenvalue weighted by Crippen LogP contribution is -2.52. The number of aryl methyl sites for hydroxylation is 1. The molecule has 3 aromatic rings. The fourth-order valence-electron chi connectivity index (χ4n) is 3.80. The summed E-state index contributed by atoms with van der Waals surface area (Å²) >= 11 is 12.2. The van der Waals surface area contributed by atoms with Crippen molar-refractivity contribution in [3.63, 3.8) is 0 Å². The van der Waals surface area contributed by atoms with Crippen LogP contribution in [0.2, 0.25) is 10.0 Å². The standard InChI is InChI=1S/C29H32Cl2N2O3/c1-20(2)17-32-29(35)26(15-22-9-5-4-6-10-22)33(18-23-11-7-8-21(3)14-23)28(34)19-36-27-13-12-24(30)16-25(27)31/h4-14,16,20,26H,15,17-19H2,1-3H3,(H,32,35)/t26-/m1/s1. The van der Waals surface area contributed by atoms with Crippen LogP contribution in [0.5, 0.6) is 5.75 Å². The maximum atomic E-state index is 13.6. The summed E-state index contributed by atoms with van der Waals surface area (Å²) in [7, 11) is 0. The Hall–Kier alpha value is -3.02. The van der Waals surface area contributed by atoms with E-state index in [1.807, 2.05) is 75.4 Å². The van der Waals surface area contributed by atoms with E-state index in [1.54, 1.807) is 23.1 Å². The number of ether oxygens (including phenoxy) is 1. The summed E-state index contributed by atoms with van der Waals surface area (Å²) in [5, 5.41) is 3.81. The van der Waals surface area contributed by atoms with Crippen molar-refractivity contribution in [1.29, 1.82) is 0 Å². The van der Waals surface area contributed by atoms with Crippen molar-refractivity contribution in [1.82, 2.24) is 10.2 Å². The monoisotopic (exact) mass is 526 g/mol. The Morgan fingerprint density at radius 2 is 1.67 bits per heavy atom. The van der Waals surface area contributed by atoms with Crippen LogP contribution in [0.1, 0.15) is 30.5 Å². The Kier molecular flexibility index (Phi) is 10.2.